The van der Waals surface area contributed by atoms with Crippen molar-refractivity contribution in [2.24, 2.45) is 0 Å². The molecule has 0 fully saturated rings. The van der Waals surface area contributed by atoms with Crippen molar-refractivity contribution in [1.29, 1.82) is 0 Å². The van der Waals surface area contributed by atoms with Gasteiger partial charge in [0, 0.05) is 18.3 Å². The van der Waals surface area contributed by atoms with Gasteiger partial charge < -0.3 is 15.0 Å². The van der Waals surface area contributed by atoms with Crippen molar-refractivity contribution in [2.75, 3.05) is 5.32 Å². The molecular weight excluding hydrogens is 283 g/mol. The van der Waals surface area contributed by atoms with Crippen LogP contribution in [0.1, 0.15) is 30.4 Å². The number of aromatic hydroxyl groups is 1. The fourth-order valence-corrected chi connectivity index (χ4v) is 2.06. The number of anilines is 1. The third-order valence-corrected chi connectivity index (χ3v) is 3.01. The molecule has 2 aromatic rings. The van der Waals surface area contributed by atoms with Crippen molar-refractivity contribution in [2.45, 2.75) is 19.9 Å². The van der Waals surface area contributed by atoms with E-state index < -0.39 is 11.7 Å². The van der Waals surface area contributed by atoms with E-state index in [1.165, 1.54) is 18.2 Å². The third-order valence-electron chi connectivity index (χ3n) is 2.81. The topological polar surface area (TPSA) is 54.3 Å². The molecule has 0 spiro atoms. The summed E-state index contributed by atoms with van der Waals surface area (Å²) < 4.78 is 15.3. The molecule has 106 valence electrons. The highest BCUT2D eigenvalue weighted by Gasteiger charge is 2.16. The minimum Gasteiger partial charge on any atom is -0.508 e. The number of nitrogens with zero attached hydrogens (tertiary/aromatic N) is 1. The van der Waals surface area contributed by atoms with Gasteiger partial charge in [0.15, 0.2) is 0 Å². The Bertz CT molecular complexity index is 653. The van der Waals surface area contributed by atoms with Crippen molar-refractivity contribution in [3.8, 4) is 5.75 Å². The van der Waals surface area contributed by atoms with Gasteiger partial charge in [0.1, 0.15) is 17.3 Å². The quantitative estimate of drug-likeness (QED) is 0.846. The molecule has 0 radical (unpaired) electrons. The molecule has 0 unspecified atom stereocenters. The molecule has 6 heteroatoms. The summed E-state index contributed by atoms with van der Waals surface area (Å²) in [7, 11) is 0. The highest BCUT2D eigenvalue weighted by molar-refractivity contribution is 6.31. The number of phenols is 1. The summed E-state index contributed by atoms with van der Waals surface area (Å²) in [5.41, 5.74) is 0.345. The summed E-state index contributed by atoms with van der Waals surface area (Å²) in [6.07, 6.45) is 1.65. The summed E-state index contributed by atoms with van der Waals surface area (Å²) in [4.78, 5) is 12.2. The summed E-state index contributed by atoms with van der Waals surface area (Å²) >= 11 is 5.90. The van der Waals surface area contributed by atoms with Gasteiger partial charge in [0.05, 0.1) is 10.7 Å². The molecule has 2 rings (SSSR count). The highest BCUT2D eigenvalue weighted by Crippen LogP contribution is 2.23. The normalized spacial score (nSPS) is 10.8. The molecule has 1 aromatic carbocycles. The van der Waals surface area contributed by atoms with E-state index in [1.807, 2.05) is 13.8 Å². The molecule has 0 bridgehead atoms. The smallest absolute Gasteiger partial charge is 0.272 e. The molecular formula is C14H14ClFN2O2. The van der Waals surface area contributed by atoms with Gasteiger partial charge in [-0.3, -0.25) is 4.79 Å². The third kappa shape index (κ3) is 2.93. The zero-order valence-corrected chi connectivity index (χ0v) is 11.8. The van der Waals surface area contributed by atoms with Gasteiger partial charge in [-0.05, 0) is 32.0 Å². The molecule has 1 heterocycles. The van der Waals surface area contributed by atoms with Crippen LogP contribution in [0, 0.1) is 5.82 Å². The predicted molar refractivity (Wildman–Crippen MR) is 75.8 cm³/mol. The first-order valence-electron chi connectivity index (χ1n) is 6.05. The van der Waals surface area contributed by atoms with Crippen molar-refractivity contribution in [3.63, 3.8) is 0 Å². The van der Waals surface area contributed by atoms with Crippen LogP contribution in [0.4, 0.5) is 10.1 Å². The second-order valence-corrected chi connectivity index (χ2v) is 5.10. The second-order valence-electron chi connectivity index (χ2n) is 4.66. The lowest BCUT2D eigenvalue weighted by Gasteiger charge is -2.13. The Balaban J connectivity index is 2.28. The van der Waals surface area contributed by atoms with Crippen molar-refractivity contribution < 1.29 is 14.3 Å². The number of carbonyl (C=O) groups excluding carboxylic acids is 1. The van der Waals surface area contributed by atoms with E-state index in [4.69, 9.17) is 16.7 Å². The van der Waals surface area contributed by atoms with E-state index in [1.54, 1.807) is 10.8 Å². The molecule has 0 aliphatic rings. The molecule has 1 amide bonds. The van der Waals surface area contributed by atoms with Crippen LogP contribution in [-0.2, 0) is 0 Å². The number of amides is 1. The molecule has 0 saturated carbocycles. The maximum Gasteiger partial charge on any atom is 0.272 e. The van der Waals surface area contributed by atoms with Crippen LogP contribution in [-0.4, -0.2) is 15.6 Å². The SMILES string of the molecule is CC(C)n1cc(Cl)cc1C(=O)Nc1ccc(O)cc1F. The van der Waals surface area contributed by atoms with Crippen LogP contribution >= 0.6 is 11.6 Å². The first kappa shape index (κ1) is 14.4. The minimum atomic E-state index is -0.702. The fourth-order valence-electron chi connectivity index (χ4n) is 1.85. The number of phenolic OH excluding ortho intramolecular Hbond substituents is 1. The van der Waals surface area contributed by atoms with Crippen molar-refractivity contribution >= 4 is 23.2 Å². The number of hydrogen-bond acceptors (Lipinski definition) is 2. The number of halogens is 2. The Labute approximate surface area is 120 Å². The molecule has 4 nitrogen and oxygen atoms in total. The van der Waals surface area contributed by atoms with E-state index >= 15 is 0 Å². The van der Waals surface area contributed by atoms with Crippen LogP contribution in [0.15, 0.2) is 30.5 Å². The average molecular weight is 297 g/mol. The van der Waals surface area contributed by atoms with Crippen LogP contribution in [0.2, 0.25) is 5.02 Å². The monoisotopic (exact) mass is 296 g/mol. The molecule has 0 atom stereocenters. The molecule has 0 aliphatic carbocycles. The second kappa shape index (κ2) is 5.54. The van der Waals surface area contributed by atoms with Gasteiger partial charge in [-0.1, -0.05) is 11.6 Å². The number of aromatic nitrogens is 1. The van der Waals surface area contributed by atoms with Crippen LogP contribution in [0.25, 0.3) is 0 Å². The lowest BCUT2D eigenvalue weighted by atomic mass is 10.2. The standard InChI is InChI=1S/C14H14ClFN2O2/c1-8(2)18-7-9(15)5-13(18)14(20)17-12-4-3-10(19)6-11(12)16/h3-8,19H,1-2H3,(H,17,20). The number of rotatable bonds is 3. The summed E-state index contributed by atoms with van der Waals surface area (Å²) in [6.45, 7) is 3.82. The van der Waals surface area contributed by atoms with Gasteiger partial charge in [0.25, 0.3) is 5.91 Å². The Morgan fingerprint density at radius 3 is 2.70 bits per heavy atom. The van der Waals surface area contributed by atoms with E-state index in [2.05, 4.69) is 5.32 Å². The van der Waals surface area contributed by atoms with E-state index in [-0.39, 0.29) is 17.5 Å². The highest BCUT2D eigenvalue weighted by atomic mass is 35.5. The molecule has 20 heavy (non-hydrogen) atoms. The van der Waals surface area contributed by atoms with Crippen molar-refractivity contribution in [3.05, 3.63) is 47.0 Å². The lowest BCUT2D eigenvalue weighted by molar-refractivity contribution is 0.101. The fraction of sp³-hybridized carbons (Fsp3) is 0.214. The lowest BCUT2D eigenvalue weighted by Crippen LogP contribution is -2.18. The maximum absolute atomic E-state index is 13.6. The van der Waals surface area contributed by atoms with Crippen LogP contribution in [0.5, 0.6) is 5.75 Å². The Hall–Kier alpha value is -2.01. The van der Waals surface area contributed by atoms with Gasteiger partial charge in [-0.15, -0.1) is 0 Å². The summed E-state index contributed by atoms with van der Waals surface area (Å²) in [5.74, 6) is -1.36. The largest absolute Gasteiger partial charge is 0.508 e. The van der Waals surface area contributed by atoms with Gasteiger partial charge in [0.2, 0.25) is 0 Å². The Morgan fingerprint density at radius 1 is 1.40 bits per heavy atom. The zero-order chi connectivity index (χ0) is 14.9. The molecule has 0 saturated heterocycles. The molecule has 2 N–H and O–H groups in total. The average Bonchev–Trinajstić information content (AvgIpc) is 2.75. The van der Waals surface area contributed by atoms with Gasteiger partial charge >= 0.3 is 0 Å². The first-order valence-corrected chi connectivity index (χ1v) is 6.43. The summed E-state index contributed by atoms with van der Waals surface area (Å²) in [5, 5.41) is 12.0. The maximum atomic E-state index is 13.6. The number of nitrogens with one attached hydrogen (secondary N) is 1. The minimum absolute atomic E-state index is 0.000397. The van der Waals surface area contributed by atoms with Crippen LogP contribution < -0.4 is 5.32 Å². The van der Waals surface area contributed by atoms with Crippen molar-refractivity contribution in [1.82, 2.24) is 4.57 Å². The van der Waals surface area contributed by atoms with Crippen LogP contribution in [0.3, 0.4) is 0 Å². The summed E-state index contributed by atoms with van der Waals surface area (Å²) in [6, 6.07) is 5.10. The predicted octanol–water partition coefficient (Wildman–Crippen LogP) is 3.82. The van der Waals surface area contributed by atoms with E-state index in [0.29, 0.717) is 10.7 Å². The van der Waals surface area contributed by atoms with E-state index in [9.17, 15) is 9.18 Å². The molecule has 0 aliphatic heterocycles. The first-order chi connectivity index (χ1) is 9.38. The number of carbonyl (C=O) groups is 1. The number of hydrogen-bond donors (Lipinski definition) is 2. The van der Waals surface area contributed by atoms with Gasteiger partial charge in [-0.2, -0.15) is 0 Å². The molecule has 1 aromatic heterocycles. The van der Waals surface area contributed by atoms with E-state index in [0.717, 1.165) is 6.07 Å². The van der Waals surface area contributed by atoms with Gasteiger partial charge in [-0.25, -0.2) is 4.39 Å². The number of benzene rings is 1. The Kier molecular flexibility index (Phi) is 3.99. The zero-order valence-electron chi connectivity index (χ0n) is 11.0. The Morgan fingerprint density at radius 2 is 2.10 bits per heavy atom.